The first-order valence-corrected chi connectivity index (χ1v) is 39.4. The highest BCUT2D eigenvalue weighted by molar-refractivity contribution is 7.87. The van der Waals surface area contributed by atoms with Crippen molar-refractivity contribution in [3.05, 3.63) is 5.28 Å². The van der Waals surface area contributed by atoms with Gasteiger partial charge < -0.3 is 50.2 Å². The monoisotopic (exact) mass is 1590 g/mol. The standard InChI is InChI=1S/C15H24ClN5O12S4.C9H14Cl2N4O6S2.2C6H13NO6S2.CH3F/c16-13-19-14(17-7-2-4-11(36(26,27)28)10(5-7)33-35(24)25)21-15(20-13)18-8-1-3-9(32-34(22)23)12(6-8)37(29,30)31;10-7-13-8(11)15-9(14-7)12-4-1-2-5(21-22(16)17)6(3-4)23(18,19)20;2*7-4-1-2-5(13-14(8)9)6(3-4)15(10,11)12;1-2/h7-12H,1-6H2,(H,22,23)(H,24,25)(H,26,27,28)(H,29,30,31)(H2,17,18,19,20,21);4-6,9,12H,1-3H2,(H,16,17)(H,13,14,15)(H,18,19,20);2*4-6H,1-3,7H2,(H,8,9)(H,10,11,12);1H3/p-5/i;;;;1D. The largest absolute Gasteiger partial charge is 0.750 e. The van der Waals surface area contributed by atoms with E-state index < -0.39 is 196 Å². The van der Waals surface area contributed by atoms with Crippen molar-refractivity contribution in [1.82, 2.24) is 25.6 Å². The molecule has 5 fully saturated rings. The second-order valence-electron chi connectivity index (χ2n) is 20.2. The number of hydrogen-bond acceptors (Lipinski definition) is 36. The molecule has 1 aromatic heterocycles. The highest BCUT2D eigenvalue weighted by atomic mass is 35.5. The summed E-state index contributed by atoms with van der Waals surface area (Å²) in [6.07, 6.45) is -5.09. The summed E-state index contributed by atoms with van der Waals surface area (Å²) in [7, 11) is -23.4. The minimum absolute atomic E-state index is 0.000694. The average molecular weight is 1590 g/mol. The van der Waals surface area contributed by atoms with E-state index in [1.54, 1.807) is 0 Å². The molecular weight excluding hydrogens is 1520 g/mol. The molecule has 5 aliphatic carbocycles. The Balaban J connectivity index is 0.000000343. The highest BCUT2D eigenvalue weighted by Gasteiger charge is 2.44. The number of hydrogen-bond donors (Lipinski definition) is 11. The van der Waals surface area contributed by atoms with Gasteiger partial charge in [-0.1, -0.05) is 0 Å². The van der Waals surface area contributed by atoms with Gasteiger partial charge in [0.1, 0.15) is 26.2 Å². The number of aromatic nitrogens is 3. The van der Waals surface area contributed by atoms with Crippen molar-refractivity contribution >= 4 is 165 Å². The molecule has 0 aromatic carbocycles. The third-order valence-electron chi connectivity index (χ3n) is 14.0. The van der Waals surface area contributed by atoms with Gasteiger partial charge in [0.2, 0.25) is 27.8 Å². The molecule has 55 heteroatoms. The summed E-state index contributed by atoms with van der Waals surface area (Å²) >= 11 is 2.90. The quantitative estimate of drug-likeness (QED) is 0.0342. The minimum atomic E-state index is -4.66. The first-order chi connectivity index (χ1) is 42.8. The lowest BCUT2D eigenvalue weighted by Crippen LogP contribution is -2.50. The molecule has 20 unspecified atom stereocenters. The smallest absolute Gasteiger partial charge is 0.270 e. The maximum atomic E-state index is 11.8. The number of anilines is 2. The number of amidine groups is 2. The topological polar surface area (TPSA) is 682 Å². The second-order valence-corrected chi connectivity index (χ2v) is 32.4. The van der Waals surface area contributed by atoms with E-state index in [9.17, 15) is 104 Å². The fourth-order valence-electron chi connectivity index (χ4n) is 10.1. The lowest BCUT2D eigenvalue weighted by Gasteiger charge is -2.35. The van der Waals surface area contributed by atoms with Crippen LogP contribution in [0.3, 0.4) is 0 Å². The van der Waals surface area contributed by atoms with Crippen LogP contribution in [0.4, 0.5) is 16.3 Å². The van der Waals surface area contributed by atoms with Crippen LogP contribution in [0, 0.1) is 0 Å². The number of halogens is 4. The number of aliphatic imine (C=N–C) groups is 2. The van der Waals surface area contributed by atoms with E-state index in [0.717, 1.165) is 0 Å². The molecule has 41 nitrogen and oxygen atoms in total. The van der Waals surface area contributed by atoms with Crippen molar-refractivity contribution in [2.45, 2.75) is 190 Å². The van der Waals surface area contributed by atoms with E-state index in [2.05, 4.69) is 67.1 Å². The Morgan fingerprint density at radius 2 is 0.772 bits per heavy atom. The molecule has 1 aromatic rings. The Labute approximate surface area is 555 Å². The Kier molecular flexibility index (Phi) is 34.2. The van der Waals surface area contributed by atoms with Crippen molar-refractivity contribution in [2.24, 2.45) is 21.5 Å². The zero-order valence-corrected chi connectivity index (χ0v) is 56.9. The molecular formula is C37H62Cl3FN11O30S10-5. The van der Waals surface area contributed by atoms with Crippen LogP contribution in [0.1, 0.15) is 97.7 Å². The van der Waals surface area contributed by atoms with Crippen LogP contribution >= 0.6 is 34.8 Å². The number of nitrogens with two attached hydrogens (primary N) is 2. The number of nitrogens with zero attached hydrogens (tertiary/aromatic N) is 5. The number of alkyl halides is 1. The molecule has 0 radical (unpaired) electrons. The van der Waals surface area contributed by atoms with E-state index >= 15 is 0 Å². The van der Waals surface area contributed by atoms with Crippen LogP contribution in [0.15, 0.2) is 9.98 Å². The molecule has 0 bridgehead atoms. The third-order valence-corrected chi connectivity index (χ3v) is 22.9. The van der Waals surface area contributed by atoms with Gasteiger partial charge in [-0.3, -0.25) is 53.4 Å². The van der Waals surface area contributed by atoms with Gasteiger partial charge in [0, 0.05) is 30.2 Å². The van der Waals surface area contributed by atoms with Gasteiger partial charge in [0.25, 0.3) is 50.6 Å². The summed E-state index contributed by atoms with van der Waals surface area (Å²) < 4.78 is 303. The van der Waals surface area contributed by atoms with Crippen molar-refractivity contribution < 1.29 is 135 Å². The van der Waals surface area contributed by atoms with Crippen LogP contribution in [-0.2, 0) is 128 Å². The first-order valence-electron chi connectivity index (χ1n) is 26.4. The molecule has 2 heterocycles. The normalized spacial score (nSPS) is 31.8. The summed E-state index contributed by atoms with van der Waals surface area (Å²) in [5.41, 5.74) is 11.1. The van der Waals surface area contributed by atoms with E-state index in [1.807, 2.05) is 0 Å². The molecule has 0 amide bonds. The molecule has 0 spiro atoms. The molecule has 6 aliphatic rings. The Morgan fingerprint density at radius 3 is 1.12 bits per heavy atom. The van der Waals surface area contributed by atoms with Crippen molar-refractivity contribution in [1.29, 1.82) is 0 Å². The molecule has 13 N–H and O–H groups in total. The number of nitrogens with one attached hydrogen (secondary N) is 4. The van der Waals surface area contributed by atoms with Gasteiger partial charge in [-0.2, -0.15) is 57.0 Å². The summed E-state index contributed by atoms with van der Waals surface area (Å²) in [6, 6.07) is -2.35. The van der Waals surface area contributed by atoms with E-state index in [-0.39, 0.29) is 117 Å². The molecule has 0 saturated heterocycles. The van der Waals surface area contributed by atoms with Crippen molar-refractivity contribution in [2.75, 3.05) is 17.8 Å². The van der Waals surface area contributed by atoms with Gasteiger partial charge in [-0.25, -0.2) is 31.0 Å². The summed E-state index contributed by atoms with van der Waals surface area (Å²) in [6.45, 7) is 0. The van der Waals surface area contributed by atoms with Crippen molar-refractivity contribution in [3.63, 3.8) is 0 Å². The molecule has 5 saturated carbocycles. The van der Waals surface area contributed by atoms with Crippen LogP contribution < -0.4 is 32.7 Å². The first kappa shape index (κ1) is 82.8. The van der Waals surface area contributed by atoms with Crippen LogP contribution in [-0.4, -0.2) is 235 Å². The Hall–Kier alpha value is -1.67. The number of rotatable bonds is 21. The molecule has 538 valence electrons. The minimum Gasteiger partial charge on any atom is -0.750 e. The summed E-state index contributed by atoms with van der Waals surface area (Å²) in [5, 5.41) is 3.99. The van der Waals surface area contributed by atoms with E-state index in [1.165, 1.54) is 0 Å². The molecule has 1 aliphatic heterocycles. The third kappa shape index (κ3) is 30.2. The molecule has 92 heavy (non-hydrogen) atoms. The van der Waals surface area contributed by atoms with Gasteiger partial charge in [0.15, 0.2) is 6.29 Å². The van der Waals surface area contributed by atoms with Gasteiger partial charge in [-0.15, -0.1) is 0 Å². The SMILES string of the molecule is NC1CCC(OS(=O)[O-])C(S(=O)(=O)O)C1.NC1CCC(OS(=O)[O-])C(S(=O)(=O)O)C1.O=S([O-])OC1CC(Nc2nc(Cl)nc(NC3CCC(OS(=O)[O-])C(S(=O)(=O)O)C3)n2)CCC1S(=O)(=O)O.O=S([O-])OC1CCC(NC2N=C(Cl)NC(Cl)=N2)CC1S(=O)(=O)O.[2H]CF. The summed E-state index contributed by atoms with van der Waals surface area (Å²) in [4.78, 5) is 19.8. The lowest BCUT2D eigenvalue weighted by molar-refractivity contribution is 0.138. The highest BCUT2D eigenvalue weighted by Crippen LogP contribution is 2.33. The predicted octanol–water partition coefficient (Wildman–Crippen LogP) is -2.58. The fraction of sp³-hybridized carbons (Fsp3) is 0.865. The Bertz CT molecular complexity index is 3330. The fourth-order valence-corrected chi connectivity index (χ4v) is 18.4. The zero-order chi connectivity index (χ0) is 70.7. The maximum absolute atomic E-state index is 11.8. The molecule has 7 rings (SSSR count). The van der Waals surface area contributed by atoms with Crippen molar-refractivity contribution in [3.8, 4) is 0 Å². The van der Waals surface area contributed by atoms with Crippen LogP contribution in [0.5, 0.6) is 0 Å². The maximum Gasteiger partial charge on any atom is 0.270 e. The van der Waals surface area contributed by atoms with Gasteiger partial charge in [0.05, 0.1) is 95.9 Å². The van der Waals surface area contributed by atoms with Gasteiger partial charge >= 0.3 is 0 Å². The van der Waals surface area contributed by atoms with Crippen LogP contribution in [0.2, 0.25) is 5.28 Å². The lowest BCUT2D eigenvalue weighted by atomic mass is 9.92. The van der Waals surface area contributed by atoms with Crippen LogP contribution in [0.25, 0.3) is 0 Å². The van der Waals surface area contributed by atoms with E-state index in [4.69, 9.17) is 56.7 Å². The average Bonchev–Trinajstić information content (AvgIpc) is 0.857. The Morgan fingerprint density at radius 1 is 0.478 bits per heavy atom. The molecule has 20 atom stereocenters. The van der Waals surface area contributed by atoms with E-state index in [0.29, 0.717) is 19.3 Å². The second kappa shape index (κ2) is 38.1. The van der Waals surface area contributed by atoms with Gasteiger partial charge in [-0.05, 0) is 131 Å². The summed E-state index contributed by atoms with van der Waals surface area (Å²) in [5.74, 6) is -0.168. The zero-order valence-electron chi connectivity index (χ0n) is 47.5. The predicted molar refractivity (Wildman–Crippen MR) is 318 cm³/mol.